The first-order valence-corrected chi connectivity index (χ1v) is 24.3. The second-order valence-electron chi connectivity index (χ2n) is 18.5. The van der Waals surface area contributed by atoms with Crippen molar-refractivity contribution < 1.29 is 50.7 Å². The molecule has 0 spiro atoms. The Balaban J connectivity index is 0.000000182. The highest BCUT2D eigenvalue weighted by atomic mass is 19.3. The SMILES string of the molecule is Cc1cc(-c2ncc(C(=O)N3CCC(F)(F)C3)cn2)cc2cc(CCC(=O)/C=C/c3ccc(N)nc3)oc12.Cc1cc(-c2ncc(C(=O)O)cn2)cc2cc(CCC(=O)/C=C/c3ccc(N)nc3)oc12.FC1(F)CCNC1. The van der Waals surface area contributed by atoms with Gasteiger partial charge in [-0.05, 0) is 121 Å². The summed E-state index contributed by atoms with van der Waals surface area (Å²) in [5.74, 6) is -3.84. The van der Waals surface area contributed by atoms with Crippen LogP contribution in [0.3, 0.4) is 0 Å². The Labute approximate surface area is 438 Å². The van der Waals surface area contributed by atoms with Gasteiger partial charge in [-0.25, -0.2) is 52.3 Å². The molecule has 0 bridgehead atoms. The van der Waals surface area contributed by atoms with E-state index in [1.165, 1.54) is 36.9 Å². The summed E-state index contributed by atoms with van der Waals surface area (Å²) in [6, 6.07) is 18.3. The smallest absolute Gasteiger partial charge is 0.338 e. The number of allylic oxidation sites excluding steroid dienone is 2. The van der Waals surface area contributed by atoms with Crippen molar-refractivity contribution in [2.75, 3.05) is 37.6 Å². The summed E-state index contributed by atoms with van der Waals surface area (Å²) in [5, 5.41) is 13.3. The Morgan fingerprint density at radius 3 is 1.51 bits per heavy atom. The van der Waals surface area contributed by atoms with Crippen LogP contribution in [0.2, 0.25) is 0 Å². The van der Waals surface area contributed by atoms with Crippen LogP contribution in [0.5, 0.6) is 0 Å². The number of nitrogens with two attached hydrogens (primary N) is 2. The van der Waals surface area contributed by atoms with Crippen molar-refractivity contribution >= 4 is 69.2 Å². The molecular weight excluding hydrogens is 1000 g/mol. The van der Waals surface area contributed by atoms with E-state index in [0.29, 0.717) is 66.2 Å². The number of furan rings is 2. The Morgan fingerprint density at radius 1 is 0.649 bits per heavy atom. The van der Waals surface area contributed by atoms with Gasteiger partial charge in [0.1, 0.15) is 34.3 Å². The molecule has 8 aromatic rings. The number of aryl methyl sites for hydroxylation is 4. The second kappa shape index (κ2) is 23.7. The average molecular weight is 1050 g/mol. The van der Waals surface area contributed by atoms with E-state index in [9.17, 15) is 36.7 Å². The summed E-state index contributed by atoms with van der Waals surface area (Å²) in [7, 11) is 0. The lowest BCUT2D eigenvalue weighted by Crippen LogP contribution is -2.31. The number of nitrogens with one attached hydrogen (secondary N) is 1. The van der Waals surface area contributed by atoms with Gasteiger partial charge in [0.05, 0.1) is 24.2 Å². The predicted molar refractivity (Wildman–Crippen MR) is 281 cm³/mol. The normalized spacial score (nSPS) is 14.6. The third kappa shape index (κ3) is 14.7. The van der Waals surface area contributed by atoms with Crippen LogP contribution in [-0.4, -0.2) is 101 Å². The van der Waals surface area contributed by atoms with Crippen molar-refractivity contribution in [2.24, 2.45) is 0 Å². The molecule has 2 aromatic carbocycles. The number of anilines is 2. The van der Waals surface area contributed by atoms with Crippen LogP contribution in [0.1, 0.15) is 80.2 Å². The zero-order chi connectivity index (χ0) is 54.9. The van der Waals surface area contributed by atoms with E-state index in [-0.39, 0.29) is 55.0 Å². The van der Waals surface area contributed by atoms with Crippen LogP contribution >= 0.6 is 0 Å². The standard InChI is InChI=1S/C28H25F2N5O3.C24H20N4O4.C4H7F2N/c1-17-10-20(26-33-14-21(15-34-26)27(37)35-9-8-28(29,30)16-35)11-19-12-23(38-25(17)19)6-5-22(36)4-2-18-3-7-24(31)32-13-18;1-14-8-17(23-27-12-18(13-28-23)24(30)31)9-16-10-20(32-22(14)16)6-5-19(29)4-2-15-3-7-21(25)26-11-15;5-4(6)1-2-7-3-4/h2-4,7,10-15H,5-6,8-9,16H2,1H3,(H2,31,32);2-4,7-13H,5-6H2,1H3,(H2,25,26)(H,30,31);7H,1-3H2/b2*4-2+;. The number of alkyl halides is 4. The summed E-state index contributed by atoms with van der Waals surface area (Å²) in [4.78, 5) is 74.0. The van der Waals surface area contributed by atoms with Crippen molar-refractivity contribution in [3.05, 3.63) is 155 Å². The minimum absolute atomic E-state index is 0.00694. The van der Waals surface area contributed by atoms with Gasteiger partial charge in [0.25, 0.3) is 17.8 Å². The maximum atomic E-state index is 13.5. The summed E-state index contributed by atoms with van der Waals surface area (Å²) in [6.07, 6.45) is 16.1. The second-order valence-corrected chi connectivity index (χ2v) is 18.5. The summed E-state index contributed by atoms with van der Waals surface area (Å²) in [6.45, 7) is 3.57. The largest absolute Gasteiger partial charge is 0.478 e. The van der Waals surface area contributed by atoms with Crippen molar-refractivity contribution in [1.82, 2.24) is 40.1 Å². The van der Waals surface area contributed by atoms with E-state index in [0.717, 1.165) is 54.6 Å². The highest BCUT2D eigenvalue weighted by molar-refractivity contribution is 5.95. The van der Waals surface area contributed by atoms with Crippen molar-refractivity contribution in [2.45, 2.75) is 64.2 Å². The van der Waals surface area contributed by atoms with Crippen molar-refractivity contribution in [3.63, 3.8) is 0 Å². The number of carbonyl (C=O) groups is 4. The van der Waals surface area contributed by atoms with Crippen molar-refractivity contribution in [3.8, 4) is 22.8 Å². The molecule has 10 rings (SSSR count). The molecule has 0 aliphatic carbocycles. The van der Waals surface area contributed by atoms with Gasteiger partial charge >= 0.3 is 5.97 Å². The zero-order valence-corrected chi connectivity index (χ0v) is 41.8. The molecule has 2 aliphatic heterocycles. The Morgan fingerprint density at radius 2 is 1.13 bits per heavy atom. The van der Waals surface area contributed by atoms with Gasteiger partial charge in [-0.3, -0.25) is 14.4 Å². The quantitative estimate of drug-likeness (QED) is 0.0583. The van der Waals surface area contributed by atoms with Crippen LogP contribution in [0, 0.1) is 13.8 Å². The lowest BCUT2D eigenvalue weighted by atomic mass is 10.1. The maximum absolute atomic E-state index is 13.5. The number of aromatic carboxylic acids is 1. The number of carboxylic acids is 1. The maximum Gasteiger partial charge on any atom is 0.338 e. The van der Waals surface area contributed by atoms with Crippen LogP contribution in [-0.2, 0) is 22.4 Å². The van der Waals surface area contributed by atoms with E-state index in [2.05, 4.69) is 35.2 Å². The van der Waals surface area contributed by atoms with Gasteiger partial charge in [-0.1, -0.05) is 0 Å². The molecule has 21 heteroatoms. The van der Waals surface area contributed by atoms with E-state index in [1.54, 1.807) is 48.8 Å². The summed E-state index contributed by atoms with van der Waals surface area (Å²) < 4.78 is 62.6. The molecule has 77 heavy (non-hydrogen) atoms. The number of halogens is 4. The number of carboxylic acid groups (broad SMARTS) is 1. The highest BCUT2D eigenvalue weighted by Crippen LogP contribution is 2.32. The molecule has 8 heterocycles. The first-order chi connectivity index (χ1) is 36.8. The minimum atomic E-state index is -2.85. The van der Waals surface area contributed by atoms with Gasteiger partial charge in [0, 0.05) is 111 Å². The zero-order valence-electron chi connectivity index (χ0n) is 41.8. The molecule has 0 radical (unpaired) electrons. The molecule has 2 aliphatic rings. The van der Waals surface area contributed by atoms with Crippen LogP contribution < -0.4 is 16.8 Å². The number of fused-ring (bicyclic) bond motifs is 2. The highest BCUT2D eigenvalue weighted by Gasteiger charge is 2.40. The Hall–Kier alpha value is -8.98. The molecule has 17 nitrogen and oxygen atoms in total. The van der Waals surface area contributed by atoms with Gasteiger partial charge in [-0.15, -0.1) is 0 Å². The Bertz CT molecular complexity index is 3480. The third-order valence-electron chi connectivity index (χ3n) is 12.3. The van der Waals surface area contributed by atoms with E-state index < -0.39 is 30.3 Å². The number of nitrogen functional groups attached to an aromatic ring is 2. The van der Waals surface area contributed by atoms with E-state index in [1.807, 2.05) is 50.2 Å². The van der Waals surface area contributed by atoms with Crippen molar-refractivity contribution in [1.29, 1.82) is 0 Å². The number of rotatable bonds is 14. The number of benzene rings is 2. The van der Waals surface area contributed by atoms with Gasteiger partial charge in [0.2, 0.25) is 0 Å². The number of carbonyl (C=O) groups excluding carboxylic acids is 3. The average Bonchev–Trinajstić information content (AvgIpc) is 4.24. The summed E-state index contributed by atoms with van der Waals surface area (Å²) >= 11 is 0. The fourth-order valence-corrected chi connectivity index (χ4v) is 8.23. The molecule has 396 valence electrons. The van der Waals surface area contributed by atoms with Gasteiger partial charge in [0.15, 0.2) is 23.2 Å². The van der Waals surface area contributed by atoms with Gasteiger partial charge in [-0.2, -0.15) is 0 Å². The fourth-order valence-electron chi connectivity index (χ4n) is 8.23. The molecule has 0 unspecified atom stereocenters. The Kier molecular flexibility index (Phi) is 16.7. The number of hydrogen-bond acceptors (Lipinski definition) is 15. The predicted octanol–water partition coefficient (Wildman–Crippen LogP) is 9.58. The molecule has 6 N–H and O–H groups in total. The number of nitrogens with zero attached hydrogens (tertiary/aromatic N) is 7. The minimum Gasteiger partial charge on any atom is -0.478 e. The monoisotopic (exact) mass is 1050 g/mol. The number of amides is 1. The molecule has 0 atom stereocenters. The molecular formula is C56H52F4N10O7. The topological polar surface area (TPSA) is 259 Å². The molecule has 2 fully saturated rings. The lowest BCUT2D eigenvalue weighted by molar-refractivity contribution is -0.115. The van der Waals surface area contributed by atoms with Crippen LogP contribution in [0.4, 0.5) is 29.2 Å². The fraction of sp³-hybridized carbons (Fsp3) is 0.250. The van der Waals surface area contributed by atoms with E-state index in [4.69, 9.17) is 25.4 Å². The molecule has 0 saturated carbocycles. The number of ketones is 2. The first kappa shape index (κ1) is 54.3. The number of aromatic nitrogens is 6. The first-order valence-electron chi connectivity index (χ1n) is 24.3. The molecule has 2 saturated heterocycles. The van der Waals surface area contributed by atoms with Crippen LogP contribution in [0.15, 0.2) is 119 Å². The number of hydrogen-bond donors (Lipinski definition) is 4. The third-order valence-corrected chi connectivity index (χ3v) is 12.3. The molecule has 6 aromatic heterocycles. The van der Waals surface area contributed by atoms with Crippen LogP contribution in [0.25, 0.3) is 56.9 Å². The van der Waals surface area contributed by atoms with Gasteiger partial charge < -0.3 is 35.6 Å². The molecule has 1 amide bonds. The summed E-state index contributed by atoms with van der Waals surface area (Å²) in [5.41, 5.74) is 17.6. The number of likely N-dealkylation sites (tertiary alicyclic amines) is 1. The van der Waals surface area contributed by atoms with E-state index >= 15 is 0 Å². The number of pyridine rings is 2. The lowest BCUT2D eigenvalue weighted by Gasteiger charge is -2.15.